The van der Waals surface area contributed by atoms with E-state index in [1.54, 1.807) is 23.6 Å². The number of hydrogen-bond donors (Lipinski definition) is 1. The molecule has 2 aromatic rings. The summed E-state index contributed by atoms with van der Waals surface area (Å²) in [4.78, 5) is 38.4. The smallest absolute Gasteiger partial charge is 0.303 e. The van der Waals surface area contributed by atoms with Gasteiger partial charge in [-0.3, -0.25) is 19.3 Å². The maximum absolute atomic E-state index is 14.7. The second-order valence-electron chi connectivity index (χ2n) is 8.28. The fraction of sp³-hybridized carbons (Fsp3) is 0.435. The summed E-state index contributed by atoms with van der Waals surface area (Å²) in [5, 5.41) is 14.4. The number of likely N-dealkylation sites (tertiary alicyclic amines) is 1. The van der Waals surface area contributed by atoms with Crippen LogP contribution in [-0.2, 0) is 14.4 Å². The Balaban J connectivity index is 0.00000324. The van der Waals surface area contributed by atoms with Gasteiger partial charge in [0.1, 0.15) is 5.82 Å². The Kier molecular flexibility index (Phi) is 9.35. The number of aliphatic carboxylic acids is 1. The molecule has 2 fully saturated rings. The Labute approximate surface area is 211 Å². The summed E-state index contributed by atoms with van der Waals surface area (Å²) in [6, 6.07) is 5.73. The van der Waals surface area contributed by atoms with Gasteiger partial charge in [-0.2, -0.15) is 0 Å². The lowest BCUT2D eigenvalue weighted by Gasteiger charge is -2.38. The van der Waals surface area contributed by atoms with Crippen LogP contribution in [0.3, 0.4) is 0 Å². The minimum absolute atomic E-state index is 0. The van der Waals surface area contributed by atoms with E-state index in [9.17, 15) is 18.8 Å². The third-order valence-electron chi connectivity index (χ3n) is 5.82. The number of Topliss-reactive ketones (excluding diaryl/α,β-unsaturated/α-hetero) is 1. The molecule has 34 heavy (non-hydrogen) atoms. The average molecular weight is 526 g/mol. The van der Waals surface area contributed by atoms with E-state index in [1.165, 1.54) is 17.6 Å². The lowest BCUT2D eigenvalue weighted by molar-refractivity contribution is -0.138. The molecule has 182 valence electrons. The summed E-state index contributed by atoms with van der Waals surface area (Å²) < 4.78 is 18.6. The zero-order valence-corrected chi connectivity index (χ0v) is 20.7. The predicted molar refractivity (Wildman–Crippen MR) is 131 cm³/mol. The first-order valence-electron chi connectivity index (χ1n) is 10.8. The van der Waals surface area contributed by atoms with Crippen LogP contribution < -0.4 is 0 Å². The second kappa shape index (κ2) is 12.0. The first kappa shape index (κ1) is 26.5. The molecular weight excluding hydrogens is 501 g/mol. The molecule has 2 unspecified atom stereocenters. The Morgan fingerprint density at radius 1 is 1.24 bits per heavy atom. The molecule has 1 aromatic carbocycles. The number of rotatable bonds is 9. The summed E-state index contributed by atoms with van der Waals surface area (Å²) in [7, 11) is 0. The summed E-state index contributed by atoms with van der Waals surface area (Å²) >= 11 is 2.35. The molecule has 0 bridgehead atoms. The molecule has 4 rings (SSSR count). The van der Waals surface area contributed by atoms with Crippen molar-refractivity contribution < 1.29 is 23.9 Å². The zero-order valence-electron chi connectivity index (χ0n) is 18.3. The van der Waals surface area contributed by atoms with Crippen molar-refractivity contribution in [1.82, 2.24) is 14.5 Å². The Hall–Kier alpha value is -2.14. The van der Waals surface area contributed by atoms with Crippen LogP contribution in [0.2, 0.25) is 0 Å². The van der Waals surface area contributed by atoms with E-state index in [0.717, 1.165) is 30.2 Å². The molecule has 0 amide bonds. The van der Waals surface area contributed by atoms with E-state index >= 15 is 0 Å². The van der Waals surface area contributed by atoms with Crippen LogP contribution in [0.15, 0.2) is 35.2 Å². The number of carboxylic acids is 1. The van der Waals surface area contributed by atoms with Crippen molar-refractivity contribution >= 4 is 58.6 Å². The first-order valence-corrected chi connectivity index (χ1v) is 12.5. The Bertz CT molecular complexity index is 1060. The number of carbonyl (C=O) groups is 3. The Morgan fingerprint density at radius 3 is 2.65 bits per heavy atom. The molecule has 11 heteroatoms. The summed E-state index contributed by atoms with van der Waals surface area (Å²) in [6.45, 7) is 0.910. The minimum Gasteiger partial charge on any atom is -0.481 e. The quantitative estimate of drug-likeness (QED) is 0.514. The lowest BCUT2D eigenvalue weighted by Crippen LogP contribution is -2.43. The minimum atomic E-state index is -1.01. The number of carbonyl (C=O) groups excluding carboxylic acids is 2. The van der Waals surface area contributed by atoms with E-state index in [4.69, 9.17) is 5.11 Å². The molecule has 2 atom stereocenters. The number of carboxylic acid groups (broad SMARTS) is 1. The third-order valence-corrected chi connectivity index (χ3v) is 7.63. The van der Waals surface area contributed by atoms with E-state index in [0.29, 0.717) is 30.8 Å². The number of aromatic nitrogens is 2. The molecule has 7 nitrogen and oxygen atoms in total. The van der Waals surface area contributed by atoms with Crippen LogP contribution in [0.25, 0.3) is 6.08 Å². The van der Waals surface area contributed by atoms with Gasteiger partial charge in [-0.15, -0.1) is 17.5 Å². The Morgan fingerprint density at radius 2 is 2.00 bits per heavy atom. The van der Waals surface area contributed by atoms with Crippen LogP contribution >= 0.6 is 35.7 Å². The summed E-state index contributed by atoms with van der Waals surface area (Å²) in [6.07, 6.45) is 3.88. The fourth-order valence-electron chi connectivity index (χ4n) is 4.05. The second-order valence-corrected chi connectivity index (χ2v) is 10.2. The maximum atomic E-state index is 14.7. The van der Waals surface area contributed by atoms with Crippen LogP contribution in [0, 0.1) is 11.7 Å². The molecule has 0 radical (unpaired) electrons. The van der Waals surface area contributed by atoms with Crippen LogP contribution in [0.4, 0.5) is 4.39 Å². The average Bonchev–Trinajstić information content (AvgIpc) is 3.52. The van der Waals surface area contributed by atoms with Crippen molar-refractivity contribution in [3.8, 4) is 0 Å². The lowest BCUT2D eigenvalue weighted by atomic mass is 9.93. The highest BCUT2D eigenvalue weighted by Crippen LogP contribution is 2.40. The number of halogens is 2. The van der Waals surface area contributed by atoms with E-state index in [2.05, 4.69) is 9.59 Å². The topological polar surface area (TPSA) is 100 Å². The monoisotopic (exact) mass is 525 g/mol. The number of thioether (sulfide) groups is 1. The highest BCUT2D eigenvalue weighted by atomic mass is 35.5. The fourth-order valence-corrected chi connectivity index (χ4v) is 5.51. The summed E-state index contributed by atoms with van der Waals surface area (Å²) in [5.74, 6) is -1.40. The number of piperidine rings is 1. The van der Waals surface area contributed by atoms with Gasteiger partial charge in [-0.05, 0) is 48.5 Å². The molecule has 1 saturated carbocycles. The van der Waals surface area contributed by atoms with Crippen molar-refractivity contribution in [2.75, 3.05) is 13.1 Å². The molecule has 1 aliphatic heterocycles. The number of hydrogen-bond acceptors (Lipinski definition) is 8. The largest absolute Gasteiger partial charge is 0.481 e. The van der Waals surface area contributed by atoms with Crippen molar-refractivity contribution in [1.29, 1.82) is 0 Å². The van der Waals surface area contributed by atoms with Gasteiger partial charge in [-0.25, -0.2) is 4.39 Å². The van der Waals surface area contributed by atoms with Gasteiger partial charge in [0.25, 0.3) is 0 Å². The van der Waals surface area contributed by atoms with E-state index in [-0.39, 0.29) is 47.3 Å². The zero-order chi connectivity index (χ0) is 23.4. The molecular formula is C23H25ClFN3O4S2. The predicted octanol–water partition coefficient (Wildman–Crippen LogP) is 4.40. The van der Waals surface area contributed by atoms with E-state index < -0.39 is 17.8 Å². The van der Waals surface area contributed by atoms with Crippen LogP contribution in [-0.4, -0.2) is 54.8 Å². The molecule has 1 aliphatic carbocycles. The third kappa shape index (κ3) is 6.71. The van der Waals surface area contributed by atoms with Gasteiger partial charge in [0.2, 0.25) is 0 Å². The number of ketones is 1. The van der Waals surface area contributed by atoms with Gasteiger partial charge < -0.3 is 5.11 Å². The van der Waals surface area contributed by atoms with Gasteiger partial charge in [0.15, 0.2) is 10.9 Å². The highest BCUT2D eigenvalue weighted by molar-refractivity contribution is 8.14. The maximum Gasteiger partial charge on any atom is 0.303 e. The summed E-state index contributed by atoms with van der Waals surface area (Å²) in [5.41, 5.74) is 1.94. The van der Waals surface area contributed by atoms with Gasteiger partial charge in [0.05, 0.1) is 18.2 Å². The van der Waals surface area contributed by atoms with Crippen molar-refractivity contribution in [2.24, 2.45) is 5.92 Å². The molecule has 1 N–H and O–H groups in total. The standard InChI is InChI=1S/C23H24FN3O4S2.ClH/c24-18-4-2-1-3-17(18)22(23(31)14-5-6-14)27-10-9-19(33-21(30)8-7-20(28)29)15(12-27)11-16-13-32-26-25-16;/h1-4,11,13-14,19,22H,5-10,12H2,(H,28,29);1H. The molecule has 0 spiro atoms. The van der Waals surface area contributed by atoms with Crippen molar-refractivity contribution in [3.63, 3.8) is 0 Å². The van der Waals surface area contributed by atoms with Crippen LogP contribution in [0.5, 0.6) is 0 Å². The number of nitrogens with zero attached hydrogens (tertiary/aromatic N) is 3. The highest BCUT2D eigenvalue weighted by Gasteiger charge is 2.41. The van der Waals surface area contributed by atoms with Gasteiger partial charge >= 0.3 is 5.97 Å². The molecule has 2 heterocycles. The van der Waals surface area contributed by atoms with Crippen molar-refractivity contribution in [2.45, 2.75) is 43.4 Å². The SMILES string of the molecule is Cl.O=C(O)CCC(=O)SC1CCN(C(C(=O)C2CC2)c2ccccc2F)CC1=Cc1csnn1. The number of benzene rings is 1. The van der Waals surface area contributed by atoms with Crippen LogP contribution in [0.1, 0.15) is 49.4 Å². The molecule has 2 aliphatic rings. The van der Waals surface area contributed by atoms with Gasteiger partial charge in [0, 0.05) is 41.6 Å². The molecule has 1 aromatic heterocycles. The van der Waals surface area contributed by atoms with E-state index in [1.807, 2.05) is 11.0 Å². The first-order chi connectivity index (χ1) is 15.9. The molecule has 1 saturated heterocycles. The van der Waals surface area contributed by atoms with Gasteiger partial charge in [-0.1, -0.05) is 34.4 Å². The van der Waals surface area contributed by atoms with Crippen molar-refractivity contribution in [3.05, 3.63) is 52.3 Å². The normalized spacial score (nSPS) is 20.5.